The number of hydrogen-bond donors (Lipinski definition) is 1. The molecule has 0 saturated heterocycles. The van der Waals surface area contributed by atoms with E-state index in [2.05, 4.69) is 0 Å². The van der Waals surface area contributed by atoms with Crippen LogP contribution in [-0.2, 0) is 9.84 Å². The van der Waals surface area contributed by atoms with Crippen LogP contribution >= 0.6 is 0 Å². The van der Waals surface area contributed by atoms with Crippen LogP contribution in [0.1, 0.15) is 24.2 Å². The summed E-state index contributed by atoms with van der Waals surface area (Å²) in [6.45, 7) is 1.95. The number of nitrogens with zero attached hydrogens (tertiary/aromatic N) is 2. The molecule has 0 bridgehead atoms. The summed E-state index contributed by atoms with van der Waals surface area (Å²) in [5.74, 6) is 0.0273. The van der Waals surface area contributed by atoms with Gasteiger partial charge in [-0.1, -0.05) is 6.07 Å². The Balaban J connectivity index is 3.06. The fraction of sp³-hybridized carbons (Fsp3) is 0.462. The average Bonchev–Trinajstić information content (AvgIpc) is 2.34. The fourth-order valence-corrected chi connectivity index (χ4v) is 2.33. The van der Waals surface area contributed by atoms with E-state index >= 15 is 0 Å². The Morgan fingerprint density at radius 3 is 2.58 bits per heavy atom. The van der Waals surface area contributed by atoms with Crippen LogP contribution in [0.2, 0.25) is 0 Å². The lowest BCUT2D eigenvalue weighted by atomic mass is 10.0. The van der Waals surface area contributed by atoms with E-state index in [1.807, 2.05) is 6.07 Å². The van der Waals surface area contributed by atoms with E-state index in [-0.39, 0.29) is 5.75 Å². The Kier molecular flexibility index (Phi) is 4.92. The zero-order valence-corrected chi connectivity index (χ0v) is 12.1. The fourth-order valence-electron chi connectivity index (χ4n) is 1.72. The van der Waals surface area contributed by atoms with E-state index < -0.39 is 15.9 Å². The second kappa shape index (κ2) is 6.04. The molecule has 19 heavy (non-hydrogen) atoms. The highest BCUT2D eigenvalue weighted by atomic mass is 32.2. The number of nitriles is 1. The van der Waals surface area contributed by atoms with Gasteiger partial charge in [0, 0.05) is 31.1 Å². The summed E-state index contributed by atoms with van der Waals surface area (Å²) in [4.78, 5) is 1.74. The minimum atomic E-state index is -3.05. The molecule has 1 atom stereocenters. The first-order valence-corrected chi connectivity index (χ1v) is 7.91. The van der Waals surface area contributed by atoms with Crippen LogP contribution < -0.4 is 4.90 Å². The SMILES string of the molecule is C[C@H](O)c1ccc(C#N)cc1N(C)CCS(C)(=O)=O. The van der Waals surface area contributed by atoms with E-state index in [1.165, 1.54) is 6.26 Å². The van der Waals surface area contributed by atoms with Crippen molar-refractivity contribution < 1.29 is 13.5 Å². The Morgan fingerprint density at radius 1 is 1.47 bits per heavy atom. The van der Waals surface area contributed by atoms with Crippen molar-refractivity contribution in [2.24, 2.45) is 0 Å². The maximum atomic E-state index is 11.2. The molecule has 104 valence electrons. The molecular formula is C13H18N2O3S. The summed E-state index contributed by atoms with van der Waals surface area (Å²) in [5, 5.41) is 18.6. The van der Waals surface area contributed by atoms with E-state index in [0.29, 0.717) is 23.4 Å². The maximum absolute atomic E-state index is 11.2. The first kappa shape index (κ1) is 15.5. The predicted octanol–water partition coefficient (Wildman–Crippen LogP) is 1.09. The molecule has 0 aliphatic heterocycles. The first-order chi connectivity index (χ1) is 8.74. The topological polar surface area (TPSA) is 81.4 Å². The Bertz CT molecular complexity index is 588. The minimum absolute atomic E-state index is 0.0273. The molecule has 0 radical (unpaired) electrons. The molecule has 0 aliphatic rings. The van der Waals surface area contributed by atoms with Crippen LogP contribution in [0, 0.1) is 11.3 Å². The number of aliphatic hydroxyl groups excluding tert-OH is 1. The highest BCUT2D eigenvalue weighted by Gasteiger charge is 2.14. The Hall–Kier alpha value is -1.58. The number of rotatable bonds is 5. The summed E-state index contributed by atoms with van der Waals surface area (Å²) < 4.78 is 22.4. The van der Waals surface area contributed by atoms with Gasteiger partial charge in [-0.05, 0) is 19.1 Å². The number of benzene rings is 1. The van der Waals surface area contributed by atoms with Crippen molar-refractivity contribution in [1.29, 1.82) is 5.26 Å². The summed E-state index contributed by atoms with van der Waals surface area (Å²) in [6.07, 6.45) is 0.505. The van der Waals surface area contributed by atoms with Gasteiger partial charge in [0.05, 0.1) is 23.5 Å². The second-order valence-electron chi connectivity index (χ2n) is 4.61. The van der Waals surface area contributed by atoms with E-state index in [9.17, 15) is 13.5 Å². The minimum Gasteiger partial charge on any atom is -0.389 e. The molecule has 0 heterocycles. The van der Waals surface area contributed by atoms with E-state index in [0.717, 1.165) is 0 Å². The quantitative estimate of drug-likeness (QED) is 0.874. The zero-order chi connectivity index (χ0) is 14.6. The molecule has 1 rings (SSSR count). The normalized spacial score (nSPS) is 12.8. The third kappa shape index (κ3) is 4.54. The molecule has 0 aliphatic carbocycles. The van der Waals surface area contributed by atoms with Crippen molar-refractivity contribution in [2.75, 3.05) is 30.5 Å². The van der Waals surface area contributed by atoms with Crippen molar-refractivity contribution in [1.82, 2.24) is 0 Å². The van der Waals surface area contributed by atoms with Gasteiger partial charge in [-0.2, -0.15) is 5.26 Å². The smallest absolute Gasteiger partial charge is 0.149 e. The Labute approximate surface area is 114 Å². The van der Waals surface area contributed by atoms with Crippen LogP contribution in [0.3, 0.4) is 0 Å². The summed E-state index contributed by atoms with van der Waals surface area (Å²) in [6, 6.07) is 7.02. The lowest BCUT2D eigenvalue weighted by Crippen LogP contribution is -2.26. The first-order valence-electron chi connectivity index (χ1n) is 5.85. The van der Waals surface area contributed by atoms with Gasteiger partial charge < -0.3 is 10.0 Å². The average molecular weight is 282 g/mol. The van der Waals surface area contributed by atoms with Crippen molar-refractivity contribution in [3.05, 3.63) is 29.3 Å². The number of anilines is 1. The Morgan fingerprint density at radius 2 is 2.11 bits per heavy atom. The third-order valence-corrected chi connectivity index (χ3v) is 3.74. The largest absolute Gasteiger partial charge is 0.389 e. The van der Waals surface area contributed by atoms with Crippen molar-refractivity contribution in [3.8, 4) is 6.07 Å². The highest BCUT2D eigenvalue weighted by Crippen LogP contribution is 2.26. The molecule has 0 aromatic heterocycles. The molecule has 1 aromatic rings. The van der Waals surface area contributed by atoms with Gasteiger partial charge in [-0.25, -0.2) is 8.42 Å². The van der Waals surface area contributed by atoms with Crippen LogP contribution in [0.5, 0.6) is 0 Å². The lowest BCUT2D eigenvalue weighted by molar-refractivity contribution is 0.199. The van der Waals surface area contributed by atoms with Crippen LogP contribution in [0.25, 0.3) is 0 Å². The molecule has 5 nitrogen and oxygen atoms in total. The maximum Gasteiger partial charge on any atom is 0.149 e. The van der Waals surface area contributed by atoms with Gasteiger partial charge in [-0.15, -0.1) is 0 Å². The summed E-state index contributed by atoms with van der Waals surface area (Å²) >= 11 is 0. The molecular weight excluding hydrogens is 264 g/mol. The molecule has 0 spiro atoms. The number of sulfone groups is 1. The molecule has 6 heteroatoms. The van der Waals surface area contributed by atoms with Gasteiger partial charge in [0.2, 0.25) is 0 Å². The van der Waals surface area contributed by atoms with Crippen molar-refractivity contribution in [2.45, 2.75) is 13.0 Å². The van der Waals surface area contributed by atoms with Gasteiger partial charge in [0.1, 0.15) is 9.84 Å². The molecule has 0 amide bonds. The summed E-state index contributed by atoms with van der Waals surface area (Å²) in [7, 11) is -1.30. The molecule has 1 N–H and O–H groups in total. The van der Waals surface area contributed by atoms with Crippen molar-refractivity contribution >= 4 is 15.5 Å². The van der Waals surface area contributed by atoms with Gasteiger partial charge in [0.25, 0.3) is 0 Å². The van der Waals surface area contributed by atoms with Gasteiger partial charge in [-0.3, -0.25) is 0 Å². The van der Waals surface area contributed by atoms with Crippen LogP contribution in [0.4, 0.5) is 5.69 Å². The highest BCUT2D eigenvalue weighted by molar-refractivity contribution is 7.90. The van der Waals surface area contributed by atoms with Crippen LogP contribution in [-0.4, -0.2) is 39.1 Å². The van der Waals surface area contributed by atoms with E-state index in [1.54, 1.807) is 37.1 Å². The molecule has 1 aromatic carbocycles. The monoisotopic (exact) mass is 282 g/mol. The van der Waals surface area contributed by atoms with Crippen molar-refractivity contribution in [3.63, 3.8) is 0 Å². The molecule has 0 fully saturated rings. The van der Waals surface area contributed by atoms with Gasteiger partial charge >= 0.3 is 0 Å². The predicted molar refractivity (Wildman–Crippen MR) is 74.8 cm³/mol. The standard InChI is InChI=1S/C13H18N2O3S/c1-10(16)12-5-4-11(9-14)8-13(12)15(2)6-7-19(3,17)18/h4-5,8,10,16H,6-7H2,1-3H3/t10-/m0/s1. The molecule has 0 saturated carbocycles. The summed E-state index contributed by atoms with van der Waals surface area (Å²) in [5.41, 5.74) is 1.83. The van der Waals surface area contributed by atoms with Gasteiger partial charge in [0.15, 0.2) is 0 Å². The molecule has 0 unspecified atom stereocenters. The third-order valence-electron chi connectivity index (χ3n) is 2.82. The zero-order valence-electron chi connectivity index (χ0n) is 11.3. The number of aliphatic hydroxyl groups is 1. The van der Waals surface area contributed by atoms with E-state index in [4.69, 9.17) is 5.26 Å². The van der Waals surface area contributed by atoms with Crippen LogP contribution in [0.15, 0.2) is 18.2 Å². The number of hydrogen-bond acceptors (Lipinski definition) is 5. The second-order valence-corrected chi connectivity index (χ2v) is 6.87. The lowest BCUT2D eigenvalue weighted by Gasteiger charge is -2.23.